The van der Waals surface area contributed by atoms with Gasteiger partial charge in [0.05, 0.1) is 24.8 Å². The highest BCUT2D eigenvalue weighted by Crippen LogP contribution is 2.07. The number of ether oxygens (including phenoxy) is 2. The largest absolute Gasteiger partial charge is 0.382 e. The number of hydrogen-bond donors (Lipinski definition) is 1. The van der Waals surface area contributed by atoms with Crippen LogP contribution >= 0.6 is 11.3 Å². The average molecular weight is 230 g/mol. The standard InChI is InChI=1S/C10H18N2O2S/c1-11-9(8-14-5-4-13-2)7-10-12-3-6-15-10/h3,6,9,11H,4-5,7-8H2,1-2H3. The van der Waals surface area contributed by atoms with Gasteiger partial charge in [-0.15, -0.1) is 11.3 Å². The van der Waals surface area contributed by atoms with E-state index in [1.54, 1.807) is 18.4 Å². The molecule has 1 unspecified atom stereocenters. The zero-order valence-corrected chi connectivity index (χ0v) is 10.0. The van der Waals surface area contributed by atoms with E-state index < -0.39 is 0 Å². The molecule has 1 N–H and O–H groups in total. The third-order valence-electron chi connectivity index (χ3n) is 2.06. The lowest BCUT2D eigenvalue weighted by molar-refractivity contribution is 0.0597. The van der Waals surface area contributed by atoms with Gasteiger partial charge in [-0.05, 0) is 7.05 Å². The number of aromatic nitrogens is 1. The number of nitrogens with one attached hydrogen (secondary N) is 1. The number of likely N-dealkylation sites (N-methyl/N-ethyl adjacent to an activating group) is 1. The van der Waals surface area contributed by atoms with Gasteiger partial charge in [0.2, 0.25) is 0 Å². The molecule has 1 heterocycles. The van der Waals surface area contributed by atoms with Crippen molar-refractivity contribution >= 4 is 11.3 Å². The predicted octanol–water partition coefficient (Wildman–Crippen LogP) is 0.937. The van der Waals surface area contributed by atoms with Crippen molar-refractivity contribution < 1.29 is 9.47 Å². The van der Waals surface area contributed by atoms with Crippen molar-refractivity contribution in [2.24, 2.45) is 0 Å². The van der Waals surface area contributed by atoms with E-state index in [-0.39, 0.29) is 0 Å². The van der Waals surface area contributed by atoms with Crippen LogP contribution < -0.4 is 5.32 Å². The number of thiazole rings is 1. The SMILES string of the molecule is CNC(COCCOC)Cc1nccs1. The van der Waals surface area contributed by atoms with Gasteiger partial charge in [0.1, 0.15) is 0 Å². The van der Waals surface area contributed by atoms with E-state index in [2.05, 4.69) is 10.3 Å². The van der Waals surface area contributed by atoms with E-state index in [1.165, 1.54) is 0 Å². The Kier molecular flexibility index (Phi) is 6.50. The molecule has 1 atom stereocenters. The molecular formula is C10H18N2O2S. The first-order chi connectivity index (χ1) is 7.36. The molecule has 0 aliphatic rings. The maximum atomic E-state index is 5.47. The van der Waals surface area contributed by atoms with Gasteiger partial charge in [0.25, 0.3) is 0 Å². The molecule has 0 saturated heterocycles. The maximum absolute atomic E-state index is 5.47. The van der Waals surface area contributed by atoms with Crippen molar-refractivity contribution in [2.75, 3.05) is 34.0 Å². The van der Waals surface area contributed by atoms with Gasteiger partial charge >= 0.3 is 0 Å². The van der Waals surface area contributed by atoms with Crippen LogP contribution in [0.4, 0.5) is 0 Å². The number of methoxy groups -OCH3 is 1. The fourth-order valence-electron chi connectivity index (χ4n) is 1.18. The van der Waals surface area contributed by atoms with E-state index in [0.717, 1.165) is 11.4 Å². The van der Waals surface area contributed by atoms with Crippen molar-refractivity contribution in [1.29, 1.82) is 0 Å². The van der Waals surface area contributed by atoms with Crippen molar-refractivity contribution in [3.05, 3.63) is 16.6 Å². The second-order valence-corrected chi connectivity index (χ2v) is 4.16. The molecule has 0 fully saturated rings. The Labute approximate surface area is 94.6 Å². The molecule has 1 rings (SSSR count). The molecule has 5 heteroatoms. The zero-order chi connectivity index (χ0) is 10.9. The van der Waals surface area contributed by atoms with Crippen molar-refractivity contribution in [1.82, 2.24) is 10.3 Å². The third kappa shape index (κ3) is 5.22. The third-order valence-corrected chi connectivity index (χ3v) is 2.87. The Morgan fingerprint density at radius 3 is 3.00 bits per heavy atom. The molecule has 0 aliphatic heterocycles. The molecule has 0 aromatic carbocycles. The van der Waals surface area contributed by atoms with Gasteiger partial charge in [-0.3, -0.25) is 0 Å². The second kappa shape index (κ2) is 7.76. The van der Waals surface area contributed by atoms with Gasteiger partial charge in [-0.25, -0.2) is 4.98 Å². The molecule has 0 amide bonds. The van der Waals surface area contributed by atoms with E-state index in [1.807, 2.05) is 18.6 Å². The number of hydrogen-bond acceptors (Lipinski definition) is 5. The molecule has 0 radical (unpaired) electrons. The highest BCUT2D eigenvalue weighted by Gasteiger charge is 2.08. The quantitative estimate of drug-likeness (QED) is 0.675. The normalized spacial score (nSPS) is 12.9. The summed E-state index contributed by atoms with van der Waals surface area (Å²) in [6.07, 6.45) is 2.75. The summed E-state index contributed by atoms with van der Waals surface area (Å²) in [4.78, 5) is 4.25. The maximum Gasteiger partial charge on any atom is 0.0941 e. The van der Waals surface area contributed by atoms with Crippen LogP contribution in [0.3, 0.4) is 0 Å². The van der Waals surface area contributed by atoms with Crippen LogP contribution in [0.25, 0.3) is 0 Å². The first-order valence-corrected chi connectivity index (χ1v) is 5.87. The highest BCUT2D eigenvalue weighted by atomic mass is 32.1. The minimum atomic E-state index is 0.327. The Hall–Kier alpha value is -0.490. The summed E-state index contributed by atoms with van der Waals surface area (Å²) in [5.41, 5.74) is 0. The van der Waals surface area contributed by atoms with E-state index in [9.17, 15) is 0 Å². The first kappa shape index (κ1) is 12.6. The van der Waals surface area contributed by atoms with Crippen LogP contribution in [0.1, 0.15) is 5.01 Å². The highest BCUT2D eigenvalue weighted by molar-refractivity contribution is 7.09. The fourth-order valence-corrected chi connectivity index (χ4v) is 1.87. The molecule has 0 aliphatic carbocycles. The Morgan fingerprint density at radius 2 is 2.40 bits per heavy atom. The fraction of sp³-hybridized carbons (Fsp3) is 0.700. The number of nitrogens with zero attached hydrogens (tertiary/aromatic N) is 1. The summed E-state index contributed by atoms with van der Waals surface area (Å²) in [5.74, 6) is 0. The smallest absolute Gasteiger partial charge is 0.0941 e. The minimum Gasteiger partial charge on any atom is -0.382 e. The van der Waals surface area contributed by atoms with Crippen molar-refractivity contribution in [3.8, 4) is 0 Å². The molecule has 0 saturated carbocycles. The summed E-state index contributed by atoms with van der Waals surface area (Å²) in [5, 5.41) is 6.36. The molecule has 4 nitrogen and oxygen atoms in total. The minimum absolute atomic E-state index is 0.327. The van der Waals surface area contributed by atoms with Crippen LogP contribution in [0.15, 0.2) is 11.6 Å². The van der Waals surface area contributed by atoms with Crippen molar-refractivity contribution in [2.45, 2.75) is 12.5 Å². The molecule has 0 spiro atoms. The zero-order valence-electron chi connectivity index (χ0n) is 9.23. The van der Waals surface area contributed by atoms with Gasteiger partial charge in [-0.2, -0.15) is 0 Å². The van der Waals surface area contributed by atoms with Crippen LogP contribution in [0.5, 0.6) is 0 Å². The Balaban J connectivity index is 2.18. The summed E-state index contributed by atoms with van der Waals surface area (Å²) >= 11 is 1.68. The average Bonchev–Trinajstić information content (AvgIpc) is 2.75. The van der Waals surface area contributed by atoms with Crippen molar-refractivity contribution in [3.63, 3.8) is 0 Å². The van der Waals surface area contributed by atoms with Crippen LogP contribution in [-0.2, 0) is 15.9 Å². The van der Waals surface area contributed by atoms with E-state index in [4.69, 9.17) is 9.47 Å². The van der Waals surface area contributed by atoms with Crippen LogP contribution in [0, 0.1) is 0 Å². The summed E-state index contributed by atoms with van der Waals surface area (Å²) in [7, 11) is 3.62. The van der Waals surface area contributed by atoms with E-state index >= 15 is 0 Å². The predicted molar refractivity (Wildman–Crippen MR) is 61.4 cm³/mol. The topological polar surface area (TPSA) is 43.4 Å². The van der Waals surface area contributed by atoms with Gasteiger partial charge in [0.15, 0.2) is 0 Å². The molecule has 1 aromatic heterocycles. The Morgan fingerprint density at radius 1 is 1.53 bits per heavy atom. The first-order valence-electron chi connectivity index (χ1n) is 4.99. The van der Waals surface area contributed by atoms with Gasteiger partial charge in [-0.1, -0.05) is 0 Å². The Bertz CT molecular complexity index is 242. The molecular weight excluding hydrogens is 212 g/mol. The van der Waals surface area contributed by atoms with Crippen LogP contribution in [0.2, 0.25) is 0 Å². The lowest BCUT2D eigenvalue weighted by atomic mass is 10.2. The number of rotatable bonds is 8. The molecule has 86 valence electrons. The van der Waals surface area contributed by atoms with Gasteiger partial charge < -0.3 is 14.8 Å². The summed E-state index contributed by atoms with van der Waals surface area (Å²) in [6, 6.07) is 0.327. The van der Waals surface area contributed by atoms with E-state index in [0.29, 0.717) is 25.9 Å². The molecule has 15 heavy (non-hydrogen) atoms. The lowest BCUT2D eigenvalue weighted by Crippen LogP contribution is -2.32. The van der Waals surface area contributed by atoms with Crippen LogP contribution in [-0.4, -0.2) is 45.0 Å². The second-order valence-electron chi connectivity index (χ2n) is 3.18. The molecule has 1 aromatic rings. The molecule has 0 bridgehead atoms. The monoisotopic (exact) mass is 230 g/mol. The summed E-state index contributed by atoms with van der Waals surface area (Å²) in [6.45, 7) is 1.99. The van der Waals surface area contributed by atoms with Gasteiger partial charge in [0, 0.05) is 31.1 Å². The summed E-state index contributed by atoms with van der Waals surface area (Å²) < 4.78 is 10.4. The lowest BCUT2D eigenvalue weighted by Gasteiger charge is -2.14.